The SMILES string of the molecule is CCCCNC(=O)C1=C=C=C(C)S1. The van der Waals surface area contributed by atoms with Crippen molar-refractivity contribution in [1.29, 1.82) is 0 Å². The molecule has 0 aromatic carbocycles. The highest BCUT2D eigenvalue weighted by Crippen LogP contribution is 2.26. The molecule has 0 radical (unpaired) electrons. The van der Waals surface area contributed by atoms with Gasteiger partial charge in [0.15, 0.2) is 0 Å². The van der Waals surface area contributed by atoms with E-state index in [1.165, 1.54) is 11.8 Å². The molecule has 0 unspecified atom stereocenters. The van der Waals surface area contributed by atoms with Gasteiger partial charge in [-0.2, -0.15) is 0 Å². The van der Waals surface area contributed by atoms with Gasteiger partial charge in [0.25, 0.3) is 5.91 Å². The van der Waals surface area contributed by atoms with Gasteiger partial charge >= 0.3 is 0 Å². The molecule has 0 saturated carbocycles. The van der Waals surface area contributed by atoms with E-state index in [2.05, 4.69) is 23.7 Å². The fourth-order valence-corrected chi connectivity index (χ4v) is 1.59. The van der Waals surface area contributed by atoms with Crippen molar-refractivity contribution in [2.75, 3.05) is 6.54 Å². The van der Waals surface area contributed by atoms with Crippen molar-refractivity contribution in [3.63, 3.8) is 0 Å². The summed E-state index contributed by atoms with van der Waals surface area (Å²) >= 11 is 1.43. The first-order chi connectivity index (χ1) is 6.24. The highest BCUT2D eigenvalue weighted by atomic mass is 32.2. The zero-order valence-corrected chi connectivity index (χ0v) is 8.75. The lowest BCUT2D eigenvalue weighted by Gasteiger charge is -2.02. The molecule has 0 bridgehead atoms. The zero-order chi connectivity index (χ0) is 9.68. The lowest BCUT2D eigenvalue weighted by Crippen LogP contribution is -2.24. The van der Waals surface area contributed by atoms with E-state index in [1.807, 2.05) is 6.92 Å². The highest BCUT2D eigenvalue weighted by Gasteiger charge is 2.12. The molecule has 1 aliphatic heterocycles. The van der Waals surface area contributed by atoms with Crippen LogP contribution in [0.3, 0.4) is 0 Å². The van der Waals surface area contributed by atoms with E-state index in [4.69, 9.17) is 0 Å². The van der Waals surface area contributed by atoms with Crippen molar-refractivity contribution in [3.8, 4) is 0 Å². The van der Waals surface area contributed by atoms with Gasteiger partial charge in [-0.15, -0.1) is 0 Å². The van der Waals surface area contributed by atoms with Crippen LogP contribution in [0, 0.1) is 0 Å². The van der Waals surface area contributed by atoms with Gasteiger partial charge in [-0.25, -0.2) is 0 Å². The third-order valence-electron chi connectivity index (χ3n) is 1.63. The van der Waals surface area contributed by atoms with Crippen molar-refractivity contribution >= 4 is 17.7 Å². The van der Waals surface area contributed by atoms with Crippen LogP contribution >= 0.6 is 11.8 Å². The van der Waals surface area contributed by atoms with Crippen LogP contribution in [0.15, 0.2) is 21.3 Å². The second kappa shape index (κ2) is 4.98. The maximum absolute atomic E-state index is 11.4. The van der Waals surface area contributed by atoms with Gasteiger partial charge in [-0.05, 0) is 19.1 Å². The normalized spacial score (nSPS) is 14.0. The molecule has 0 spiro atoms. The van der Waals surface area contributed by atoms with Gasteiger partial charge in [0, 0.05) is 11.4 Å². The minimum Gasteiger partial charge on any atom is -0.351 e. The average molecular weight is 195 g/mol. The van der Waals surface area contributed by atoms with Crippen LogP contribution in [0.4, 0.5) is 0 Å². The Morgan fingerprint density at radius 2 is 2.31 bits per heavy atom. The molecule has 0 saturated heterocycles. The van der Waals surface area contributed by atoms with Crippen LogP contribution in [-0.2, 0) is 4.79 Å². The molecule has 3 heteroatoms. The summed E-state index contributed by atoms with van der Waals surface area (Å²) in [4.78, 5) is 13.0. The Labute approximate surface area is 82.8 Å². The van der Waals surface area contributed by atoms with Gasteiger partial charge in [0.05, 0.1) is 0 Å². The first kappa shape index (κ1) is 10.2. The lowest BCUT2D eigenvalue weighted by molar-refractivity contribution is -0.116. The number of unbranched alkanes of at least 4 members (excludes halogenated alkanes) is 1. The summed E-state index contributed by atoms with van der Waals surface area (Å²) in [6, 6.07) is 0. The molecule has 0 atom stereocenters. The van der Waals surface area contributed by atoms with Crippen LogP contribution in [0.2, 0.25) is 0 Å². The Bertz CT molecular complexity index is 307. The van der Waals surface area contributed by atoms with Gasteiger partial charge < -0.3 is 5.32 Å². The highest BCUT2D eigenvalue weighted by molar-refractivity contribution is 8.07. The number of allylic oxidation sites excluding steroid dienone is 1. The number of rotatable bonds is 4. The van der Waals surface area contributed by atoms with Gasteiger partial charge in [-0.1, -0.05) is 30.8 Å². The summed E-state index contributed by atoms with van der Waals surface area (Å²) < 4.78 is 0. The molecular weight excluding hydrogens is 182 g/mol. The van der Waals surface area contributed by atoms with Gasteiger partial charge in [0.2, 0.25) is 0 Å². The topological polar surface area (TPSA) is 29.1 Å². The smallest absolute Gasteiger partial charge is 0.266 e. The van der Waals surface area contributed by atoms with Crippen molar-refractivity contribution in [2.24, 2.45) is 0 Å². The van der Waals surface area contributed by atoms with Crippen LogP contribution in [0.5, 0.6) is 0 Å². The predicted molar refractivity (Wildman–Crippen MR) is 55.2 cm³/mol. The quantitative estimate of drug-likeness (QED) is 0.550. The largest absolute Gasteiger partial charge is 0.351 e. The van der Waals surface area contributed by atoms with E-state index in [1.54, 1.807) is 0 Å². The second-order valence-electron chi connectivity index (χ2n) is 2.85. The third kappa shape index (κ3) is 3.16. The van der Waals surface area contributed by atoms with Crippen LogP contribution in [-0.4, -0.2) is 12.5 Å². The van der Waals surface area contributed by atoms with Crippen molar-refractivity contribution in [1.82, 2.24) is 5.32 Å². The van der Waals surface area contributed by atoms with E-state index >= 15 is 0 Å². The van der Waals surface area contributed by atoms with E-state index < -0.39 is 0 Å². The molecule has 1 aliphatic rings. The first-order valence-corrected chi connectivity index (χ1v) is 5.24. The molecule has 2 nitrogen and oxygen atoms in total. The zero-order valence-electron chi connectivity index (χ0n) is 7.94. The number of hydrogen-bond acceptors (Lipinski definition) is 2. The molecular formula is C10H13NOS. The maximum Gasteiger partial charge on any atom is 0.266 e. The fraction of sp³-hybridized carbons (Fsp3) is 0.500. The molecule has 1 rings (SSSR count). The minimum absolute atomic E-state index is 0.0252. The number of nitrogens with one attached hydrogen (secondary N) is 1. The molecule has 0 aromatic heterocycles. The molecule has 13 heavy (non-hydrogen) atoms. The Hall–Kier alpha value is -0.880. The van der Waals surface area contributed by atoms with Gasteiger partial charge in [-0.3, -0.25) is 4.79 Å². The Balaban J connectivity index is 2.39. The fourth-order valence-electron chi connectivity index (χ4n) is 0.911. The number of thioether (sulfide) groups is 1. The molecule has 0 aromatic rings. The van der Waals surface area contributed by atoms with Crippen molar-refractivity contribution in [3.05, 3.63) is 21.3 Å². The second-order valence-corrected chi connectivity index (χ2v) is 4.07. The Morgan fingerprint density at radius 3 is 2.85 bits per heavy atom. The first-order valence-electron chi connectivity index (χ1n) is 4.42. The minimum atomic E-state index is -0.0252. The maximum atomic E-state index is 11.4. The number of amides is 1. The summed E-state index contributed by atoms with van der Waals surface area (Å²) in [5.74, 6) is -0.0252. The third-order valence-corrected chi connectivity index (χ3v) is 2.53. The van der Waals surface area contributed by atoms with Crippen LogP contribution in [0.1, 0.15) is 26.7 Å². The molecule has 1 amide bonds. The van der Waals surface area contributed by atoms with E-state index in [-0.39, 0.29) is 5.91 Å². The van der Waals surface area contributed by atoms with E-state index in [9.17, 15) is 4.79 Å². The number of carbonyl (C=O) groups is 1. The summed E-state index contributed by atoms with van der Waals surface area (Å²) in [6.07, 6.45) is 2.12. The monoisotopic (exact) mass is 195 g/mol. The Kier molecular flexibility index (Phi) is 3.91. The van der Waals surface area contributed by atoms with Crippen molar-refractivity contribution < 1.29 is 4.79 Å². The summed E-state index contributed by atoms with van der Waals surface area (Å²) in [5.41, 5.74) is 5.69. The summed E-state index contributed by atoms with van der Waals surface area (Å²) in [5, 5.41) is 2.83. The average Bonchev–Trinajstić information content (AvgIpc) is 2.52. The van der Waals surface area contributed by atoms with Crippen molar-refractivity contribution in [2.45, 2.75) is 26.7 Å². The van der Waals surface area contributed by atoms with Crippen LogP contribution in [0.25, 0.3) is 0 Å². The molecule has 1 N–H and O–H groups in total. The summed E-state index contributed by atoms with van der Waals surface area (Å²) in [6.45, 7) is 4.77. The molecule has 0 fully saturated rings. The Morgan fingerprint density at radius 1 is 1.54 bits per heavy atom. The van der Waals surface area contributed by atoms with Crippen LogP contribution < -0.4 is 5.32 Å². The molecule has 0 aliphatic carbocycles. The predicted octanol–water partition coefficient (Wildman–Crippen LogP) is 2.19. The van der Waals surface area contributed by atoms with E-state index in [0.717, 1.165) is 24.3 Å². The standard InChI is InChI=1S/C10H13NOS/c1-3-4-7-11-10(12)9-6-5-8(2)13-9/h3-4,7H2,1-2H3,(H,11,12). The number of carbonyl (C=O) groups excluding carboxylic acids is 1. The molecule has 1 heterocycles. The molecule has 70 valence electrons. The van der Waals surface area contributed by atoms with E-state index in [0.29, 0.717) is 4.91 Å². The lowest BCUT2D eigenvalue weighted by atomic mass is 10.3. The summed E-state index contributed by atoms with van der Waals surface area (Å²) in [7, 11) is 0. The van der Waals surface area contributed by atoms with Gasteiger partial charge in [0.1, 0.15) is 4.91 Å². The number of hydrogen-bond donors (Lipinski definition) is 1.